The summed E-state index contributed by atoms with van der Waals surface area (Å²) in [6.45, 7) is 6.85. The van der Waals surface area contributed by atoms with Gasteiger partial charge in [0.25, 0.3) is 0 Å². The fourth-order valence-corrected chi connectivity index (χ4v) is 2.98. The number of rotatable bonds is 13. The lowest BCUT2D eigenvalue weighted by Gasteiger charge is -2.29. The van der Waals surface area contributed by atoms with Crippen LogP contribution < -0.4 is 0 Å². The summed E-state index contributed by atoms with van der Waals surface area (Å²) in [5.41, 5.74) is 0.0991. The number of unbranched alkanes of at least 4 members (excludes halogenated alkanes) is 8. The van der Waals surface area contributed by atoms with Crippen molar-refractivity contribution >= 4 is 0 Å². The van der Waals surface area contributed by atoms with Crippen LogP contribution in [-0.2, 0) is 5.54 Å². The molecule has 4 heteroatoms. The van der Waals surface area contributed by atoms with Gasteiger partial charge < -0.3 is 0 Å². The van der Waals surface area contributed by atoms with E-state index in [2.05, 4.69) is 36.3 Å². The molecule has 0 saturated carbocycles. The number of hydrogen-bond donors (Lipinski definition) is 0. The van der Waals surface area contributed by atoms with Crippen molar-refractivity contribution in [3.8, 4) is 0 Å². The van der Waals surface area contributed by atoms with Crippen molar-refractivity contribution in [2.24, 2.45) is 0 Å². The highest BCUT2D eigenvalue weighted by Crippen LogP contribution is 2.29. The first kappa shape index (κ1) is 18.1. The Morgan fingerprint density at radius 3 is 1.76 bits per heavy atom. The maximum atomic E-state index is 4.17. The van der Waals surface area contributed by atoms with Gasteiger partial charge in [0.05, 0.1) is 5.54 Å². The summed E-state index contributed by atoms with van der Waals surface area (Å²) in [6.07, 6.45) is 17.5. The van der Waals surface area contributed by atoms with E-state index in [1.54, 1.807) is 6.33 Å². The fourth-order valence-electron chi connectivity index (χ4n) is 2.98. The summed E-state index contributed by atoms with van der Waals surface area (Å²) in [4.78, 5) is 0. The van der Waals surface area contributed by atoms with Crippen molar-refractivity contribution in [2.45, 2.75) is 103 Å². The third-order valence-corrected chi connectivity index (χ3v) is 4.54. The molecular formula is C17H34N4. The molecule has 122 valence electrons. The Labute approximate surface area is 130 Å². The maximum Gasteiger partial charge on any atom is 0.138 e. The third kappa shape index (κ3) is 7.05. The van der Waals surface area contributed by atoms with Gasteiger partial charge in [-0.05, 0) is 30.2 Å². The fraction of sp³-hybridized carbons (Fsp3) is 0.941. The second-order valence-electron chi connectivity index (χ2n) is 6.58. The van der Waals surface area contributed by atoms with E-state index < -0.39 is 0 Å². The van der Waals surface area contributed by atoms with Crippen LogP contribution in [-0.4, -0.2) is 20.2 Å². The van der Waals surface area contributed by atoms with Gasteiger partial charge in [-0.15, -0.1) is 5.10 Å². The molecule has 0 aliphatic carbocycles. The van der Waals surface area contributed by atoms with Gasteiger partial charge in [0.2, 0.25) is 0 Å². The van der Waals surface area contributed by atoms with Gasteiger partial charge in [0, 0.05) is 0 Å². The van der Waals surface area contributed by atoms with Crippen molar-refractivity contribution < 1.29 is 0 Å². The molecular weight excluding hydrogens is 260 g/mol. The maximum absolute atomic E-state index is 4.17. The van der Waals surface area contributed by atoms with E-state index >= 15 is 0 Å². The molecule has 0 bridgehead atoms. The molecule has 0 unspecified atom stereocenters. The van der Waals surface area contributed by atoms with Crippen LogP contribution in [0.5, 0.6) is 0 Å². The molecule has 21 heavy (non-hydrogen) atoms. The van der Waals surface area contributed by atoms with E-state index in [1.165, 1.54) is 77.0 Å². The van der Waals surface area contributed by atoms with Crippen LogP contribution in [0.25, 0.3) is 0 Å². The van der Waals surface area contributed by atoms with Crippen LogP contribution in [0.3, 0.4) is 0 Å². The Morgan fingerprint density at radius 1 is 0.810 bits per heavy atom. The minimum absolute atomic E-state index is 0.0991. The lowest BCUT2D eigenvalue weighted by atomic mass is 9.88. The molecule has 1 aromatic heterocycles. The highest BCUT2D eigenvalue weighted by atomic mass is 15.5. The molecule has 1 aromatic rings. The van der Waals surface area contributed by atoms with E-state index in [1.807, 2.05) is 4.68 Å². The van der Waals surface area contributed by atoms with Gasteiger partial charge in [-0.3, -0.25) is 0 Å². The monoisotopic (exact) mass is 294 g/mol. The summed E-state index contributed by atoms with van der Waals surface area (Å²) in [7, 11) is 0. The lowest BCUT2D eigenvalue weighted by Crippen LogP contribution is -2.31. The Bertz CT molecular complexity index is 321. The minimum Gasteiger partial charge on any atom is -0.227 e. The van der Waals surface area contributed by atoms with Gasteiger partial charge in [-0.2, -0.15) is 0 Å². The van der Waals surface area contributed by atoms with E-state index in [4.69, 9.17) is 0 Å². The van der Waals surface area contributed by atoms with Crippen LogP contribution in [0.1, 0.15) is 97.8 Å². The van der Waals surface area contributed by atoms with E-state index in [-0.39, 0.29) is 5.54 Å². The average molecular weight is 294 g/mol. The highest BCUT2D eigenvalue weighted by Gasteiger charge is 2.26. The number of nitrogens with zero attached hydrogens (tertiary/aromatic N) is 4. The first-order valence-electron chi connectivity index (χ1n) is 8.96. The number of aromatic nitrogens is 4. The van der Waals surface area contributed by atoms with Crippen LogP contribution in [0.2, 0.25) is 0 Å². The third-order valence-electron chi connectivity index (χ3n) is 4.54. The second-order valence-corrected chi connectivity index (χ2v) is 6.58. The molecule has 4 nitrogen and oxygen atoms in total. The van der Waals surface area contributed by atoms with Crippen molar-refractivity contribution in [3.63, 3.8) is 0 Å². The summed E-state index contributed by atoms with van der Waals surface area (Å²) >= 11 is 0. The zero-order valence-corrected chi connectivity index (χ0v) is 14.4. The molecule has 0 saturated heterocycles. The lowest BCUT2D eigenvalue weighted by molar-refractivity contribution is 0.222. The topological polar surface area (TPSA) is 43.6 Å². The largest absolute Gasteiger partial charge is 0.227 e. The summed E-state index contributed by atoms with van der Waals surface area (Å²) in [5.74, 6) is 0. The average Bonchev–Trinajstić information content (AvgIpc) is 3.02. The number of hydrogen-bond acceptors (Lipinski definition) is 3. The summed E-state index contributed by atoms with van der Waals surface area (Å²) in [5, 5.41) is 11.8. The highest BCUT2D eigenvalue weighted by molar-refractivity contribution is 4.80. The standard InChI is InChI=1S/C17H34N4/c1-4-6-8-10-12-14-17(3,21-16-18-19-20-21)15-13-11-9-7-5-2/h16H,4-15H2,1-3H3. The molecule has 0 aliphatic heterocycles. The molecule has 0 aliphatic rings. The Morgan fingerprint density at radius 2 is 1.33 bits per heavy atom. The molecule has 0 N–H and O–H groups in total. The van der Waals surface area contributed by atoms with Crippen LogP contribution in [0.15, 0.2) is 6.33 Å². The van der Waals surface area contributed by atoms with E-state index in [0.29, 0.717) is 0 Å². The molecule has 0 aromatic carbocycles. The quantitative estimate of drug-likeness (QED) is 0.475. The zero-order chi connectivity index (χ0) is 15.4. The van der Waals surface area contributed by atoms with Gasteiger partial charge in [-0.1, -0.05) is 78.1 Å². The predicted molar refractivity (Wildman–Crippen MR) is 88.2 cm³/mol. The predicted octanol–water partition coefficient (Wildman–Crippen LogP) is 5.11. The van der Waals surface area contributed by atoms with Crippen LogP contribution >= 0.6 is 0 Å². The first-order valence-corrected chi connectivity index (χ1v) is 8.96. The smallest absolute Gasteiger partial charge is 0.138 e. The minimum atomic E-state index is 0.0991. The molecule has 0 atom stereocenters. The molecule has 0 spiro atoms. The summed E-state index contributed by atoms with van der Waals surface area (Å²) in [6, 6.07) is 0. The summed E-state index contributed by atoms with van der Waals surface area (Å²) < 4.78 is 1.99. The molecule has 1 rings (SSSR count). The molecule has 0 radical (unpaired) electrons. The normalized spacial score (nSPS) is 12.0. The Kier molecular flexibility index (Phi) is 9.27. The van der Waals surface area contributed by atoms with Gasteiger partial charge >= 0.3 is 0 Å². The van der Waals surface area contributed by atoms with E-state index in [0.717, 1.165) is 0 Å². The van der Waals surface area contributed by atoms with Crippen molar-refractivity contribution in [1.82, 2.24) is 20.2 Å². The number of tetrazole rings is 1. The van der Waals surface area contributed by atoms with Crippen molar-refractivity contribution in [3.05, 3.63) is 6.33 Å². The molecule has 0 amide bonds. The van der Waals surface area contributed by atoms with Gasteiger partial charge in [0.1, 0.15) is 6.33 Å². The zero-order valence-electron chi connectivity index (χ0n) is 14.4. The SMILES string of the molecule is CCCCCCCC(C)(CCCCCCC)n1cnnn1. The second kappa shape index (κ2) is 10.7. The van der Waals surface area contributed by atoms with Crippen LogP contribution in [0.4, 0.5) is 0 Å². The Balaban J connectivity index is 2.39. The Hall–Kier alpha value is -0.930. The van der Waals surface area contributed by atoms with Gasteiger partial charge in [-0.25, -0.2) is 4.68 Å². The molecule has 1 heterocycles. The first-order chi connectivity index (χ1) is 10.2. The molecule has 0 fully saturated rings. The van der Waals surface area contributed by atoms with Crippen molar-refractivity contribution in [2.75, 3.05) is 0 Å². The van der Waals surface area contributed by atoms with E-state index in [9.17, 15) is 0 Å². The van der Waals surface area contributed by atoms with Crippen molar-refractivity contribution in [1.29, 1.82) is 0 Å². The van der Waals surface area contributed by atoms with Crippen LogP contribution in [0, 0.1) is 0 Å². The van der Waals surface area contributed by atoms with Gasteiger partial charge in [0.15, 0.2) is 0 Å².